The van der Waals surface area contributed by atoms with Crippen LogP contribution in [-0.2, 0) is 17.9 Å². The molecular formula is C17H25N3O. The zero-order chi connectivity index (χ0) is 15.5. The van der Waals surface area contributed by atoms with Crippen LogP contribution in [-0.4, -0.2) is 22.6 Å². The van der Waals surface area contributed by atoms with Crippen LogP contribution in [0.1, 0.15) is 33.3 Å². The first-order chi connectivity index (χ1) is 9.90. The minimum atomic E-state index is 0.0496. The fraction of sp³-hybridized carbons (Fsp3) is 0.471. The Bertz CT molecular complexity index is 622. The fourth-order valence-corrected chi connectivity index (χ4v) is 2.36. The Kier molecular flexibility index (Phi) is 4.68. The molecule has 0 unspecified atom stereocenters. The van der Waals surface area contributed by atoms with Gasteiger partial charge in [-0.1, -0.05) is 18.2 Å². The number of hydrogen-bond donors (Lipinski definition) is 2. The van der Waals surface area contributed by atoms with Crippen LogP contribution in [0.15, 0.2) is 30.5 Å². The first-order valence-electron chi connectivity index (χ1n) is 7.49. The Morgan fingerprint density at radius 3 is 2.62 bits per heavy atom. The summed E-state index contributed by atoms with van der Waals surface area (Å²) >= 11 is 0. The number of carbonyl (C=O) groups excluding carboxylic acids is 1. The number of para-hydroxylation sites is 1. The van der Waals surface area contributed by atoms with Gasteiger partial charge in [-0.25, -0.2) is 0 Å². The van der Waals surface area contributed by atoms with Gasteiger partial charge in [0.1, 0.15) is 6.54 Å². The molecule has 0 aliphatic carbocycles. The topological polar surface area (TPSA) is 46.1 Å². The predicted octanol–water partition coefficient (Wildman–Crippen LogP) is 2.67. The minimum absolute atomic E-state index is 0.0496. The molecule has 2 rings (SSSR count). The van der Waals surface area contributed by atoms with E-state index in [0.29, 0.717) is 13.1 Å². The predicted molar refractivity (Wildman–Crippen MR) is 87.2 cm³/mol. The SMILES string of the molecule is CCNC(=O)Cn1cc(CNC(C)(C)C)c2ccccc21. The highest BCUT2D eigenvalue weighted by molar-refractivity contribution is 5.86. The van der Waals surface area contributed by atoms with Crippen molar-refractivity contribution in [3.8, 4) is 0 Å². The van der Waals surface area contributed by atoms with Gasteiger partial charge in [0, 0.05) is 35.7 Å². The van der Waals surface area contributed by atoms with Crippen LogP contribution in [0.3, 0.4) is 0 Å². The number of fused-ring (bicyclic) bond motifs is 1. The smallest absolute Gasteiger partial charge is 0.239 e. The van der Waals surface area contributed by atoms with E-state index in [1.165, 1.54) is 10.9 Å². The van der Waals surface area contributed by atoms with Crippen LogP contribution >= 0.6 is 0 Å². The average molecular weight is 287 g/mol. The second kappa shape index (κ2) is 6.31. The van der Waals surface area contributed by atoms with E-state index in [4.69, 9.17) is 0 Å². The standard InChI is InChI=1S/C17H25N3O/c1-5-18-16(21)12-20-11-13(10-19-17(2,3)4)14-8-6-7-9-15(14)20/h6-9,11,19H,5,10,12H2,1-4H3,(H,18,21). The fourth-order valence-electron chi connectivity index (χ4n) is 2.36. The maximum absolute atomic E-state index is 11.8. The lowest BCUT2D eigenvalue weighted by Crippen LogP contribution is -2.35. The number of nitrogens with zero attached hydrogens (tertiary/aromatic N) is 1. The third kappa shape index (κ3) is 4.08. The molecule has 0 aliphatic heterocycles. The third-order valence-corrected chi connectivity index (χ3v) is 3.37. The summed E-state index contributed by atoms with van der Waals surface area (Å²) in [6.07, 6.45) is 2.08. The van der Waals surface area contributed by atoms with Crippen molar-refractivity contribution < 1.29 is 4.79 Å². The lowest BCUT2D eigenvalue weighted by atomic mass is 10.1. The third-order valence-electron chi connectivity index (χ3n) is 3.37. The quantitative estimate of drug-likeness (QED) is 0.888. The molecule has 21 heavy (non-hydrogen) atoms. The maximum Gasteiger partial charge on any atom is 0.239 e. The van der Waals surface area contributed by atoms with Crippen LogP contribution in [0, 0.1) is 0 Å². The van der Waals surface area contributed by atoms with Crippen molar-refractivity contribution in [3.05, 3.63) is 36.0 Å². The highest BCUT2D eigenvalue weighted by atomic mass is 16.1. The summed E-state index contributed by atoms with van der Waals surface area (Å²) in [6, 6.07) is 8.23. The van der Waals surface area contributed by atoms with Gasteiger partial charge in [-0.05, 0) is 39.3 Å². The Balaban J connectivity index is 2.28. The van der Waals surface area contributed by atoms with E-state index in [9.17, 15) is 4.79 Å². The Morgan fingerprint density at radius 2 is 1.95 bits per heavy atom. The molecule has 4 heteroatoms. The summed E-state index contributed by atoms with van der Waals surface area (Å²) in [5, 5.41) is 7.56. The van der Waals surface area contributed by atoms with Crippen molar-refractivity contribution in [1.29, 1.82) is 0 Å². The number of rotatable bonds is 5. The summed E-state index contributed by atoms with van der Waals surface area (Å²) < 4.78 is 2.03. The zero-order valence-corrected chi connectivity index (χ0v) is 13.4. The highest BCUT2D eigenvalue weighted by Gasteiger charge is 2.13. The van der Waals surface area contributed by atoms with Gasteiger partial charge in [-0.2, -0.15) is 0 Å². The molecule has 4 nitrogen and oxygen atoms in total. The molecule has 0 fully saturated rings. The largest absolute Gasteiger partial charge is 0.355 e. The number of hydrogen-bond acceptors (Lipinski definition) is 2. The number of carbonyl (C=O) groups is 1. The molecule has 0 atom stereocenters. The molecule has 0 saturated carbocycles. The van der Waals surface area contributed by atoms with E-state index >= 15 is 0 Å². The summed E-state index contributed by atoms with van der Waals surface area (Å²) in [5.41, 5.74) is 2.40. The molecule has 0 spiro atoms. The van der Waals surface area contributed by atoms with E-state index in [-0.39, 0.29) is 11.4 Å². The van der Waals surface area contributed by atoms with Gasteiger partial charge in [0.15, 0.2) is 0 Å². The minimum Gasteiger partial charge on any atom is -0.355 e. The number of benzene rings is 1. The molecular weight excluding hydrogens is 262 g/mol. The number of aromatic nitrogens is 1. The summed E-state index contributed by atoms with van der Waals surface area (Å²) in [5.74, 6) is 0.0496. The van der Waals surface area contributed by atoms with Gasteiger partial charge < -0.3 is 15.2 Å². The van der Waals surface area contributed by atoms with Gasteiger partial charge in [-0.15, -0.1) is 0 Å². The average Bonchev–Trinajstić information content (AvgIpc) is 2.75. The second-order valence-electron chi connectivity index (χ2n) is 6.36. The van der Waals surface area contributed by atoms with Gasteiger partial charge in [0.2, 0.25) is 5.91 Å². The van der Waals surface area contributed by atoms with Crippen LogP contribution in [0.2, 0.25) is 0 Å². The molecule has 0 aliphatic rings. The van der Waals surface area contributed by atoms with Gasteiger partial charge in [-0.3, -0.25) is 4.79 Å². The molecule has 1 heterocycles. The number of amides is 1. The van der Waals surface area contributed by atoms with Crippen LogP contribution in [0.25, 0.3) is 10.9 Å². The number of nitrogens with one attached hydrogen (secondary N) is 2. The van der Waals surface area contributed by atoms with Crippen LogP contribution < -0.4 is 10.6 Å². The van der Waals surface area contributed by atoms with Gasteiger partial charge >= 0.3 is 0 Å². The molecule has 0 radical (unpaired) electrons. The molecule has 114 valence electrons. The van der Waals surface area contributed by atoms with Crippen molar-refractivity contribution in [2.45, 2.75) is 46.3 Å². The Morgan fingerprint density at radius 1 is 1.24 bits per heavy atom. The summed E-state index contributed by atoms with van der Waals surface area (Å²) in [4.78, 5) is 11.8. The van der Waals surface area contributed by atoms with E-state index in [1.807, 2.05) is 23.6 Å². The summed E-state index contributed by atoms with van der Waals surface area (Å²) in [6.45, 7) is 10.2. The first-order valence-corrected chi connectivity index (χ1v) is 7.49. The monoisotopic (exact) mass is 287 g/mol. The molecule has 0 saturated heterocycles. The van der Waals surface area contributed by atoms with Crippen molar-refractivity contribution in [1.82, 2.24) is 15.2 Å². The van der Waals surface area contributed by atoms with Crippen LogP contribution in [0.5, 0.6) is 0 Å². The number of likely N-dealkylation sites (N-methyl/N-ethyl adjacent to an activating group) is 1. The van der Waals surface area contributed by atoms with Crippen molar-refractivity contribution >= 4 is 16.8 Å². The molecule has 2 aromatic rings. The van der Waals surface area contributed by atoms with Gasteiger partial charge in [0.05, 0.1) is 0 Å². The lowest BCUT2D eigenvalue weighted by Gasteiger charge is -2.20. The molecule has 1 aromatic heterocycles. The zero-order valence-electron chi connectivity index (χ0n) is 13.4. The molecule has 1 amide bonds. The van der Waals surface area contributed by atoms with Gasteiger partial charge in [0.25, 0.3) is 0 Å². The van der Waals surface area contributed by atoms with E-state index in [1.54, 1.807) is 0 Å². The Labute approximate surface area is 126 Å². The van der Waals surface area contributed by atoms with Crippen molar-refractivity contribution in [2.75, 3.05) is 6.54 Å². The maximum atomic E-state index is 11.8. The molecule has 0 bridgehead atoms. The van der Waals surface area contributed by atoms with Crippen molar-refractivity contribution in [3.63, 3.8) is 0 Å². The van der Waals surface area contributed by atoms with E-state index in [0.717, 1.165) is 12.1 Å². The lowest BCUT2D eigenvalue weighted by molar-refractivity contribution is -0.121. The normalized spacial score (nSPS) is 11.8. The second-order valence-corrected chi connectivity index (χ2v) is 6.36. The van der Waals surface area contributed by atoms with Crippen molar-refractivity contribution in [2.24, 2.45) is 0 Å². The first kappa shape index (κ1) is 15.6. The highest BCUT2D eigenvalue weighted by Crippen LogP contribution is 2.21. The summed E-state index contributed by atoms with van der Waals surface area (Å²) in [7, 11) is 0. The molecule has 2 N–H and O–H groups in total. The van der Waals surface area contributed by atoms with E-state index < -0.39 is 0 Å². The van der Waals surface area contributed by atoms with Crippen LogP contribution in [0.4, 0.5) is 0 Å². The molecule has 1 aromatic carbocycles. The Hall–Kier alpha value is -1.81. The van der Waals surface area contributed by atoms with E-state index in [2.05, 4.69) is 49.7 Å².